The number of aliphatic carboxylic acids is 1. The largest absolute Gasteiger partial charge is 0.481 e. The van der Waals surface area contributed by atoms with Crippen molar-refractivity contribution in [2.75, 3.05) is 18.4 Å². The first kappa shape index (κ1) is 14.5. The molecule has 0 radical (unpaired) electrons. The van der Waals surface area contributed by atoms with E-state index in [2.05, 4.69) is 21.2 Å². The van der Waals surface area contributed by atoms with Gasteiger partial charge in [-0.25, -0.2) is 4.79 Å². The predicted molar refractivity (Wildman–Crippen MR) is 72.7 cm³/mol. The number of hydrogen-bond donors (Lipinski definition) is 2. The van der Waals surface area contributed by atoms with E-state index in [9.17, 15) is 9.59 Å². The van der Waals surface area contributed by atoms with Gasteiger partial charge in [0.2, 0.25) is 0 Å². The number of rotatable bonds is 5. The van der Waals surface area contributed by atoms with Crippen LogP contribution in [-0.4, -0.2) is 35.1 Å². The minimum Gasteiger partial charge on any atom is -0.481 e. The molecular weight excluding hydrogens is 300 g/mol. The Kier molecular flexibility index (Phi) is 5.64. The van der Waals surface area contributed by atoms with Gasteiger partial charge in [0.25, 0.3) is 0 Å². The number of benzene rings is 1. The fraction of sp³-hybridized carbons (Fsp3) is 0.333. The molecule has 0 aliphatic rings. The summed E-state index contributed by atoms with van der Waals surface area (Å²) in [4.78, 5) is 23.8. The molecule has 5 nitrogen and oxygen atoms in total. The van der Waals surface area contributed by atoms with Crippen LogP contribution in [0.2, 0.25) is 0 Å². The molecule has 1 rings (SSSR count). The van der Waals surface area contributed by atoms with E-state index in [0.29, 0.717) is 12.2 Å². The summed E-state index contributed by atoms with van der Waals surface area (Å²) < 4.78 is 0.869. The van der Waals surface area contributed by atoms with Gasteiger partial charge in [-0.1, -0.05) is 22.0 Å². The molecule has 0 aliphatic carbocycles. The molecular formula is C12H15BrN2O3. The van der Waals surface area contributed by atoms with Gasteiger partial charge in [0.1, 0.15) is 0 Å². The number of urea groups is 1. The van der Waals surface area contributed by atoms with E-state index in [-0.39, 0.29) is 19.0 Å². The average molecular weight is 315 g/mol. The van der Waals surface area contributed by atoms with Gasteiger partial charge in [-0.3, -0.25) is 4.79 Å². The highest BCUT2D eigenvalue weighted by Crippen LogP contribution is 2.16. The van der Waals surface area contributed by atoms with Crippen LogP contribution in [0.4, 0.5) is 10.5 Å². The van der Waals surface area contributed by atoms with E-state index in [1.54, 1.807) is 12.1 Å². The van der Waals surface area contributed by atoms with E-state index in [4.69, 9.17) is 5.11 Å². The molecule has 1 aromatic rings. The number of carboxylic acids is 1. The maximum atomic E-state index is 11.9. The van der Waals surface area contributed by atoms with Crippen LogP contribution >= 0.6 is 15.9 Å². The highest BCUT2D eigenvalue weighted by molar-refractivity contribution is 9.10. The van der Waals surface area contributed by atoms with Gasteiger partial charge in [-0.05, 0) is 25.1 Å². The normalized spacial score (nSPS) is 9.89. The lowest BCUT2D eigenvalue weighted by atomic mass is 10.3. The first-order chi connectivity index (χ1) is 8.52. The van der Waals surface area contributed by atoms with E-state index in [0.717, 1.165) is 4.47 Å². The van der Waals surface area contributed by atoms with E-state index < -0.39 is 5.97 Å². The summed E-state index contributed by atoms with van der Waals surface area (Å²) in [6, 6.07) is 6.93. The zero-order valence-electron chi connectivity index (χ0n) is 10.0. The molecule has 0 aliphatic heterocycles. The summed E-state index contributed by atoms with van der Waals surface area (Å²) in [7, 11) is 0. The zero-order valence-corrected chi connectivity index (χ0v) is 11.6. The number of nitrogens with one attached hydrogen (secondary N) is 1. The SMILES string of the molecule is CCN(CCC(=O)O)C(=O)Nc1cccc(Br)c1. The Morgan fingerprint density at radius 1 is 1.44 bits per heavy atom. The fourth-order valence-electron chi connectivity index (χ4n) is 1.40. The number of amides is 2. The third-order valence-corrected chi connectivity index (χ3v) is 2.83. The average Bonchev–Trinajstić information content (AvgIpc) is 2.29. The topological polar surface area (TPSA) is 69.6 Å². The first-order valence-corrected chi connectivity index (χ1v) is 6.35. The molecule has 0 atom stereocenters. The third kappa shape index (κ3) is 4.75. The highest BCUT2D eigenvalue weighted by Gasteiger charge is 2.12. The van der Waals surface area contributed by atoms with Crippen molar-refractivity contribution >= 4 is 33.6 Å². The molecule has 2 N–H and O–H groups in total. The number of carbonyl (C=O) groups excluding carboxylic acids is 1. The summed E-state index contributed by atoms with van der Waals surface area (Å²) in [6.07, 6.45) is -0.0558. The Balaban J connectivity index is 2.59. The smallest absolute Gasteiger partial charge is 0.321 e. The van der Waals surface area contributed by atoms with Crippen LogP contribution in [0, 0.1) is 0 Å². The second-order valence-electron chi connectivity index (χ2n) is 3.66. The van der Waals surface area contributed by atoms with Crippen molar-refractivity contribution in [2.24, 2.45) is 0 Å². The second-order valence-corrected chi connectivity index (χ2v) is 4.58. The van der Waals surface area contributed by atoms with E-state index in [1.165, 1.54) is 4.90 Å². The number of carboxylic acid groups (broad SMARTS) is 1. The molecule has 0 fully saturated rings. The molecule has 0 bridgehead atoms. The fourth-order valence-corrected chi connectivity index (χ4v) is 1.80. The predicted octanol–water partition coefficient (Wildman–Crippen LogP) is 2.78. The van der Waals surface area contributed by atoms with Crippen LogP contribution in [0.15, 0.2) is 28.7 Å². The molecule has 1 aromatic carbocycles. The second kappa shape index (κ2) is 7.00. The van der Waals surface area contributed by atoms with E-state index in [1.807, 2.05) is 19.1 Å². The highest BCUT2D eigenvalue weighted by atomic mass is 79.9. The lowest BCUT2D eigenvalue weighted by molar-refractivity contribution is -0.137. The Bertz CT molecular complexity index is 437. The molecule has 2 amide bonds. The number of carbonyl (C=O) groups is 2. The van der Waals surface area contributed by atoms with Crippen LogP contribution in [0.3, 0.4) is 0 Å². The van der Waals surface area contributed by atoms with Crippen LogP contribution in [0.25, 0.3) is 0 Å². The summed E-state index contributed by atoms with van der Waals surface area (Å²) >= 11 is 3.31. The van der Waals surface area contributed by atoms with Crippen LogP contribution in [0.1, 0.15) is 13.3 Å². The molecule has 0 saturated heterocycles. The number of nitrogens with zero attached hydrogens (tertiary/aromatic N) is 1. The van der Waals surface area contributed by atoms with E-state index >= 15 is 0 Å². The van der Waals surface area contributed by atoms with Gasteiger partial charge < -0.3 is 15.3 Å². The van der Waals surface area contributed by atoms with Crippen LogP contribution in [0.5, 0.6) is 0 Å². The lowest BCUT2D eigenvalue weighted by Crippen LogP contribution is -2.36. The lowest BCUT2D eigenvalue weighted by Gasteiger charge is -2.20. The first-order valence-electron chi connectivity index (χ1n) is 5.56. The number of halogens is 1. The minimum absolute atomic E-state index is 0.0558. The molecule has 18 heavy (non-hydrogen) atoms. The standard InChI is InChI=1S/C12H15BrN2O3/c1-2-15(7-6-11(16)17)12(18)14-10-5-3-4-9(13)8-10/h3-5,8H,2,6-7H2,1H3,(H,14,18)(H,16,17). The molecule has 0 saturated carbocycles. The summed E-state index contributed by atoms with van der Waals surface area (Å²) in [5.74, 6) is -0.913. The summed E-state index contributed by atoms with van der Waals surface area (Å²) in [5.41, 5.74) is 0.670. The van der Waals surface area contributed by atoms with Crippen LogP contribution < -0.4 is 5.32 Å². The van der Waals surface area contributed by atoms with Gasteiger partial charge in [0.15, 0.2) is 0 Å². The third-order valence-electron chi connectivity index (χ3n) is 2.34. The molecule has 0 aromatic heterocycles. The van der Waals surface area contributed by atoms with Crippen molar-refractivity contribution in [2.45, 2.75) is 13.3 Å². The molecule has 0 heterocycles. The van der Waals surface area contributed by atoms with Crippen molar-refractivity contribution in [3.63, 3.8) is 0 Å². The number of anilines is 1. The van der Waals surface area contributed by atoms with Crippen molar-refractivity contribution in [1.82, 2.24) is 4.90 Å². The summed E-state index contributed by atoms with van der Waals surface area (Å²) in [6.45, 7) is 2.47. The Morgan fingerprint density at radius 2 is 2.17 bits per heavy atom. The molecule has 6 heteroatoms. The molecule has 0 unspecified atom stereocenters. The van der Waals surface area contributed by atoms with Crippen molar-refractivity contribution in [3.8, 4) is 0 Å². The Labute approximate surface area is 114 Å². The van der Waals surface area contributed by atoms with Crippen molar-refractivity contribution in [1.29, 1.82) is 0 Å². The van der Waals surface area contributed by atoms with Crippen molar-refractivity contribution in [3.05, 3.63) is 28.7 Å². The zero-order chi connectivity index (χ0) is 13.5. The Hall–Kier alpha value is -1.56. The number of hydrogen-bond acceptors (Lipinski definition) is 2. The van der Waals surface area contributed by atoms with Gasteiger partial charge in [-0.15, -0.1) is 0 Å². The van der Waals surface area contributed by atoms with Crippen LogP contribution in [-0.2, 0) is 4.79 Å². The quantitative estimate of drug-likeness (QED) is 0.878. The van der Waals surface area contributed by atoms with Gasteiger partial charge in [-0.2, -0.15) is 0 Å². The maximum absolute atomic E-state index is 11.9. The minimum atomic E-state index is -0.913. The summed E-state index contributed by atoms with van der Waals surface area (Å²) in [5, 5.41) is 11.3. The van der Waals surface area contributed by atoms with Gasteiger partial charge in [0.05, 0.1) is 6.42 Å². The van der Waals surface area contributed by atoms with Gasteiger partial charge in [0, 0.05) is 23.2 Å². The monoisotopic (exact) mass is 314 g/mol. The Morgan fingerprint density at radius 3 is 2.72 bits per heavy atom. The molecule has 98 valence electrons. The molecule has 0 spiro atoms. The maximum Gasteiger partial charge on any atom is 0.321 e. The van der Waals surface area contributed by atoms with Gasteiger partial charge >= 0.3 is 12.0 Å². The van der Waals surface area contributed by atoms with Crippen molar-refractivity contribution < 1.29 is 14.7 Å².